The van der Waals surface area contributed by atoms with Crippen molar-refractivity contribution in [2.24, 2.45) is 0 Å². The van der Waals surface area contributed by atoms with Gasteiger partial charge in [-0.15, -0.1) is 11.8 Å². The molecule has 6 heteroatoms. The second-order valence-corrected chi connectivity index (χ2v) is 9.84. The number of rotatable bonds is 8. The van der Waals surface area contributed by atoms with Crippen molar-refractivity contribution >= 4 is 35.2 Å². The van der Waals surface area contributed by atoms with Gasteiger partial charge in [0.2, 0.25) is 11.8 Å². The zero-order chi connectivity index (χ0) is 22.3. The summed E-state index contributed by atoms with van der Waals surface area (Å²) in [6, 6.07) is 15.0. The highest BCUT2D eigenvalue weighted by Crippen LogP contribution is 2.21. The monoisotopic (exact) mass is 446 g/mol. The Labute approximate surface area is 189 Å². The van der Waals surface area contributed by atoms with Crippen LogP contribution >= 0.6 is 23.4 Å². The molecular formula is C24H31ClN2O2S. The second-order valence-electron chi connectivity index (χ2n) is 8.45. The van der Waals surface area contributed by atoms with Crippen LogP contribution in [0, 0.1) is 6.92 Å². The maximum absolute atomic E-state index is 13.1. The van der Waals surface area contributed by atoms with Crippen LogP contribution < -0.4 is 5.32 Å². The van der Waals surface area contributed by atoms with Gasteiger partial charge in [-0.2, -0.15) is 0 Å². The third kappa shape index (κ3) is 7.37. The van der Waals surface area contributed by atoms with Crippen molar-refractivity contribution in [2.75, 3.05) is 5.75 Å². The minimum absolute atomic E-state index is 0.0786. The normalized spacial score (nSPS) is 12.3. The van der Waals surface area contributed by atoms with Crippen LogP contribution in [0.4, 0.5) is 0 Å². The van der Waals surface area contributed by atoms with Gasteiger partial charge in [0, 0.05) is 22.9 Å². The lowest BCUT2D eigenvalue weighted by molar-refractivity contribution is -0.139. The Bertz CT molecular complexity index is 880. The van der Waals surface area contributed by atoms with E-state index in [4.69, 9.17) is 11.6 Å². The van der Waals surface area contributed by atoms with E-state index >= 15 is 0 Å². The van der Waals surface area contributed by atoms with E-state index < -0.39 is 6.04 Å². The number of benzene rings is 2. The topological polar surface area (TPSA) is 49.4 Å². The molecule has 0 aliphatic carbocycles. The largest absolute Gasteiger partial charge is 0.350 e. The highest BCUT2D eigenvalue weighted by atomic mass is 35.5. The van der Waals surface area contributed by atoms with Crippen LogP contribution in [0.2, 0.25) is 5.02 Å². The van der Waals surface area contributed by atoms with E-state index in [1.807, 2.05) is 51.1 Å². The number of amides is 2. The molecule has 2 amide bonds. The van der Waals surface area contributed by atoms with Crippen LogP contribution in [0.1, 0.15) is 44.4 Å². The molecule has 2 aromatic carbocycles. The molecule has 2 rings (SSSR count). The summed E-state index contributed by atoms with van der Waals surface area (Å²) < 4.78 is 0. The predicted octanol–water partition coefficient (Wildman–Crippen LogP) is 5.21. The zero-order valence-electron chi connectivity index (χ0n) is 18.4. The molecule has 0 saturated carbocycles. The van der Waals surface area contributed by atoms with E-state index in [9.17, 15) is 9.59 Å². The maximum atomic E-state index is 13.1. The first kappa shape index (κ1) is 24.3. The first-order valence-electron chi connectivity index (χ1n) is 10.1. The predicted molar refractivity (Wildman–Crippen MR) is 127 cm³/mol. The molecule has 0 radical (unpaired) electrons. The number of halogens is 1. The Kier molecular flexibility index (Phi) is 8.80. The van der Waals surface area contributed by atoms with Gasteiger partial charge in [0.05, 0.1) is 5.75 Å². The highest BCUT2D eigenvalue weighted by Gasteiger charge is 2.28. The molecule has 30 heavy (non-hydrogen) atoms. The number of hydrogen-bond acceptors (Lipinski definition) is 3. The number of hydrogen-bond donors (Lipinski definition) is 1. The Morgan fingerprint density at radius 2 is 1.67 bits per heavy atom. The maximum Gasteiger partial charge on any atom is 0.242 e. The quantitative estimate of drug-likeness (QED) is 0.605. The van der Waals surface area contributed by atoms with Crippen molar-refractivity contribution in [2.45, 2.75) is 58.5 Å². The van der Waals surface area contributed by atoms with Crippen molar-refractivity contribution in [3.63, 3.8) is 0 Å². The van der Waals surface area contributed by atoms with Crippen LogP contribution in [0.5, 0.6) is 0 Å². The van der Waals surface area contributed by atoms with Gasteiger partial charge >= 0.3 is 0 Å². The lowest BCUT2D eigenvalue weighted by Gasteiger charge is -2.31. The van der Waals surface area contributed by atoms with Crippen LogP contribution in [0.3, 0.4) is 0 Å². The van der Waals surface area contributed by atoms with Gasteiger partial charge < -0.3 is 10.2 Å². The average molecular weight is 447 g/mol. The molecule has 0 bridgehead atoms. The van der Waals surface area contributed by atoms with Gasteiger partial charge in [-0.1, -0.05) is 54.1 Å². The van der Waals surface area contributed by atoms with Crippen molar-refractivity contribution < 1.29 is 9.59 Å². The number of carbonyl (C=O) groups excluding carboxylic acids is 2. The summed E-state index contributed by atoms with van der Waals surface area (Å²) in [5.41, 5.74) is 2.88. The minimum atomic E-state index is -0.605. The Morgan fingerprint density at radius 3 is 2.27 bits per heavy atom. The first-order chi connectivity index (χ1) is 14.1. The summed E-state index contributed by atoms with van der Waals surface area (Å²) in [6.45, 7) is 9.91. The lowest BCUT2D eigenvalue weighted by Crippen LogP contribution is -2.52. The van der Waals surface area contributed by atoms with Crippen LogP contribution in [-0.4, -0.2) is 34.0 Å². The molecular weight excluding hydrogens is 416 g/mol. The van der Waals surface area contributed by atoms with E-state index in [2.05, 4.69) is 24.4 Å². The van der Waals surface area contributed by atoms with Gasteiger partial charge in [-0.05, 0) is 57.4 Å². The smallest absolute Gasteiger partial charge is 0.242 e. The van der Waals surface area contributed by atoms with E-state index in [-0.39, 0.29) is 17.4 Å². The van der Waals surface area contributed by atoms with E-state index in [0.717, 1.165) is 11.3 Å². The molecule has 0 aromatic heterocycles. The molecule has 4 nitrogen and oxygen atoms in total. The first-order valence-corrected chi connectivity index (χ1v) is 11.6. The van der Waals surface area contributed by atoms with Crippen molar-refractivity contribution in [1.82, 2.24) is 10.2 Å². The Morgan fingerprint density at radius 1 is 1.07 bits per heavy atom. The number of nitrogens with one attached hydrogen (secondary N) is 1. The number of thioether (sulfide) groups is 1. The fraction of sp³-hybridized carbons (Fsp3) is 0.417. The fourth-order valence-electron chi connectivity index (χ4n) is 2.97. The van der Waals surface area contributed by atoms with Crippen LogP contribution in [0.25, 0.3) is 0 Å². The zero-order valence-corrected chi connectivity index (χ0v) is 19.9. The summed E-state index contributed by atoms with van der Waals surface area (Å²) in [6.07, 6.45) is 0. The van der Waals surface area contributed by atoms with Gasteiger partial charge in [-0.25, -0.2) is 0 Å². The van der Waals surface area contributed by atoms with E-state index in [1.54, 1.807) is 29.7 Å². The Hall–Kier alpha value is -1.98. The molecule has 0 saturated heterocycles. The summed E-state index contributed by atoms with van der Waals surface area (Å²) in [7, 11) is 0. The molecule has 0 unspecified atom stereocenters. The number of carbonyl (C=O) groups is 2. The molecule has 162 valence electrons. The highest BCUT2D eigenvalue weighted by molar-refractivity contribution is 7.99. The summed E-state index contributed by atoms with van der Waals surface area (Å²) in [4.78, 5) is 27.5. The van der Waals surface area contributed by atoms with Crippen molar-refractivity contribution in [3.8, 4) is 0 Å². The third-order valence-electron chi connectivity index (χ3n) is 4.71. The Balaban J connectivity index is 2.13. The lowest BCUT2D eigenvalue weighted by atomic mass is 10.1. The third-order valence-corrected chi connectivity index (χ3v) is 6.04. The summed E-state index contributed by atoms with van der Waals surface area (Å²) >= 11 is 7.88. The molecule has 0 fully saturated rings. The van der Waals surface area contributed by atoms with Crippen LogP contribution in [0.15, 0.2) is 48.5 Å². The van der Waals surface area contributed by atoms with E-state index in [1.165, 1.54) is 11.1 Å². The van der Waals surface area contributed by atoms with Gasteiger partial charge in [0.25, 0.3) is 0 Å². The fourth-order valence-corrected chi connectivity index (χ4v) is 4.15. The standard InChI is InChI=1S/C24H31ClN2O2S/c1-17-10-6-7-12-20(17)15-30-16-22(28)27(14-19-11-8-9-13-21(19)25)18(2)23(29)26-24(3,4)5/h6-13,18H,14-16H2,1-5H3,(H,26,29)/t18-/m0/s1. The van der Waals surface area contributed by atoms with Gasteiger partial charge in [0.15, 0.2) is 0 Å². The summed E-state index contributed by atoms with van der Waals surface area (Å²) in [5, 5.41) is 3.56. The molecule has 1 atom stereocenters. The second kappa shape index (κ2) is 10.9. The molecule has 2 aromatic rings. The average Bonchev–Trinajstić information content (AvgIpc) is 2.67. The molecule has 0 heterocycles. The SMILES string of the molecule is Cc1ccccc1CSCC(=O)N(Cc1ccccc1Cl)[C@@H](C)C(=O)NC(C)(C)C. The molecule has 1 N–H and O–H groups in total. The molecule has 0 spiro atoms. The van der Waals surface area contributed by atoms with Crippen LogP contribution in [-0.2, 0) is 21.9 Å². The van der Waals surface area contributed by atoms with E-state index in [0.29, 0.717) is 17.3 Å². The van der Waals surface area contributed by atoms with Crippen molar-refractivity contribution in [3.05, 3.63) is 70.2 Å². The molecule has 0 aliphatic heterocycles. The number of nitrogens with zero attached hydrogens (tertiary/aromatic N) is 1. The minimum Gasteiger partial charge on any atom is -0.350 e. The summed E-state index contributed by atoms with van der Waals surface area (Å²) in [5.74, 6) is 0.796. The van der Waals surface area contributed by atoms with Crippen molar-refractivity contribution in [1.29, 1.82) is 0 Å². The number of aryl methyl sites for hydroxylation is 1. The molecule has 0 aliphatic rings. The van der Waals surface area contributed by atoms with Gasteiger partial charge in [-0.3, -0.25) is 9.59 Å². The van der Waals surface area contributed by atoms with Gasteiger partial charge in [0.1, 0.15) is 6.04 Å².